The number of fused-ring (bicyclic) bond motifs is 1. The highest BCUT2D eigenvalue weighted by Crippen LogP contribution is 2.20. The Morgan fingerprint density at radius 1 is 1.32 bits per heavy atom. The van der Waals surface area contributed by atoms with Gasteiger partial charge in [0.05, 0.1) is 0 Å². The minimum absolute atomic E-state index is 0.219. The second-order valence-electron chi connectivity index (χ2n) is 6.94. The van der Waals surface area contributed by atoms with E-state index >= 15 is 0 Å². The summed E-state index contributed by atoms with van der Waals surface area (Å²) in [4.78, 5) is 18.3. The Balaban J connectivity index is 1.68. The Morgan fingerprint density at radius 3 is 3.00 bits per heavy atom. The van der Waals surface area contributed by atoms with Gasteiger partial charge in [0.2, 0.25) is 5.91 Å². The molecule has 2 aliphatic rings. The molecular formula is C17H29N7O. The molecule has 8 nitrogen and oxygen atoms in total. The zero-order valence-electron chi connectivity index (χ0n) is 15.1. The molecule has 2 aliphatic heterocycles. The first kappa shape index (κ1) is 17.7. The quantitative estimate of drug-likeness (QED) is 0.602. The first-order valence-electron chi connectivity index (χ1n) is 9.40. The fourth-order valence-corrected chi connectivity index (χ4v) is 3.77. The summed E-state index contributed by atoms with van der Waals surface area (Å²) in [7, 11) is 0. The summed E-state index contributed by atoms with van der Waals surface area (Å²) in [5.41, 5.74) is 5.37. The van der Waals surface area contributed by atoms with Crippen LogP contribution in [0.4, 0.5) is 0 Å². The van der Waals surface area contributed by atoms with Gasteiger partial charge in [0.25, 0.3) is 0 Å². The number of amides is 1. The third-order valence-electron chi connectivity index (χ3n) is 4.95. The van der Waals surface area contributed by atoms with E-state index in [1.807, 2.05) is 0 Å². The van der Waals surface area contributed by atoms with Crippen molar-refractivity contribution >= 4 is 11.9 Å². The van der Waals surface area contributed by atoms with E-state index < -0.39 is 0 Å². The Bertz CT molecular complexity index is 625. The van der Waals surface area contributed by atoms with Gasteiger partial charge in [0.15, 0.2) is 11.8 Å². The Kier molecular flexibility index (Phi) is 5.88. The molecule has 25 heavy (non-hydrogen) atoms. The number of hydrogen-bond donors (Lipinski definition) is 2. The van der Waals surface area contributed by atoms with Crippen molar-refractivity contribution in [1.82, 2.24) is 25.0 Å². The molecule has 3 heterocycles. The Labute approximate surface area is 148 Å². The van der Waals surface area contributed by atoms with Crippen molar-refractivity contribution in [3.63, 3.8) is 0 Å². The zero-order chi connectivity index (χ0) is 17.6. The van der Waals surface area contributed by atoms with E-state index in [1.165, 1.54) is 12.8 Å². The molecule has 1 atom stereocenters. The summed E-state index contributed by atoms with van der Waals surface area (Å²) in [5, 5.41) is 12.0. The first-order valence-corrected chi connectivity index (χ1v) is 9.40. The fourth-order valence-electron chi connectivity index (χ4n) is 3.77. The summed E-state index contributed by atoms with van der Waals surface area (Å²) in [6, 6.07) is 0. The minimum atomic E-state index is -0.219. The number of primary amides is 1. The molecule has 138 valence electrons. The highest BCUT2D eigenvalue weighted by Gasteiger charge is 2.24. The zero-order valence-corrected chi connectivity index (χ0v) is 15.1. The first-order chi connectivity index (χ1) is 12.2. The number of likely N-dealkylation sites (tertiary alicyclic amines) is 1. The Morgan fingerprint density at radius 2 is 2.20 bits per heavy atom. The van der Waals surface area contributed by atoms with Crippen LogP contribution in [0.1, 0.15) is 50.7 Å². The van der Waals surface area contributed by atoms with Crippen molar-refractivity contribution in [1.29, 1.82) is 0 Å². The lowest BCUT2D eigenvalue weighted by Gasteiger charge is -2.34. The average molecular weight is 347 g/mol. The van der Waals surface area contributed by atoms with Crippen molar-refractivity contribution in [3.8, 4) is 0 Å². The third-order valence-corrected chi connectivity index (χ3v) is 4.95. The number of guanidine groups is 1. The fraction of sp³-hybridized carbons (Fsp3) is 0.765. The van der Waals surface area contributed by atoms with E-state index in [-0.39, 0.29) is 5.91 Å². The van der Waals surface area contributed by atoms with Crippen LogP contribution in [0.3, 0.4) is 0 Å². The SMILES string of the molecule is CCNC(=NCc1nnc2n1CCCC2)N1CCCC(CC(N)=O)C1. The minimum Gasteiger partial charge on any atom is -0.370 e. The van der Waals surface area contributed by atoms with Gasteiger partial charge in [0.1, 0.15) is 12.4 Å². The summed E-state index contributed by atoms with van der Waals surface area (Å²) >= 11 is 0. The van der Waals surface area contributed by atoms with E-state index in [1.54, 1.807) is 0 Å². The van der Waals surface area contributed by atoms with E-state index in [9.17, 15) is 4.79 Å². The van der Waals surface area contributed by atoms with E-state index in [2.05, 4.69) is 31.9 Å². The summed E-state index contributed by atoms with van der Waals surface area (Å²) < 4.78 is 2.21. The maximum Gasteiger partial charge on any atom is 0.217 e. The average Bonchev–Trinajstić information content (AvgIpc) is 3.01. The number of nitrogens with one attached hydrogen (secondary N) is 1. The smallest absolute Gasteiger partial charge is 0.217 e. The monoisotopic (exact) mass is 347 g/mol. The van der Waals surface area contributed by atoms with Gasteiger partial charge in [-0.25, -0.2) is 4.99 Å². The van der Waals surface area contributed by atoms with Gasteiger partial charge in [-0.3, -0.25) is 4.79 Å². The number of piperidine rings is 1. The maximum atomic E-state index is 11.2. The molecule has 0 saturated carbocycles. The number of nitrogens with zero attached hydrogens (tertiary/aromatic N) is 5. The van der Waals surface area contributed by atoms with Gasteiger partial charge in [-0.15, -0.1) is 10.2 Å². The molecule has 0 bridgehead atoms. The molecule has 1 aromatic heterocycles. The number of carbonyl (C=O) groups is 1. The number of carbonyl (C=O) groups excluding carboxylic acids is 1. The van der Waals surface area contributed by atoms with E-state index in [4.69, 9.17) is 10.7 Å². The number of nitrogens with two attached hydrogens (primary N) is 1. The molecule has 1 unspecified atom stereocenters. The molecular weight excluding hydrogens is 318 g/mol. The predicted octanol–water partition coefficient (Wildman–Crippen LogP) is 0.667. The second-order valence-corrected chi connectivity index (χ2v) is 6.94. The molecule has 3 N–H and O–H groups in total. The molecule has 0 aliphatic carbocycles. The largest absolute Gasteiger partial charge is 0.370 e. The van der Waals surface area contributed by atoms with Crippen LogP contribution in [0.2, 0.25) is 0 Å². The molecule has 0 spiro atoms. The van der Waals surface area contributed by atoms with Crippen LogP contribution in [0, 0.1) is 5.92 Å². The van der Waals surface area contributed by atoms with Gasteiger partial charge in [-0.1, -0.05) is 0 Å². The van der Waals surface area contributed by atoms with Crippen LogP contribution >= 0.6 is 0 Å². The van der Waals surface area contributed by atoms with Crippen molar-refractivity contribution in [2.45, 2.75) is 58.5 Å². The summed E-state index contributed by atoms with van der Waals surface area (Å²) in [5.74, 6) is 3.02. The molecule has 8 heteroatoms. The molecule has 1 aromatic rings. The number of aryl methyl sites for hydroxylation is 1. The van der Waals surface area contributed by atoms with Gasteiger partial charge in [-0.05, 0) is 38.5 Å². The van der Waals surface area contributed by atoms with Crippen molar-refractivity contribution in [3.05, 3.63) is 11.6 Å². The van der Waals surface area contributed by atoms with Crippen LogP contribution in [0.25, 0.3) is 0 Å². The van der Waals surface area contributed by atoms with Crippen molar-refractivity contribution < 1.29 is 4.79 Å². The lowest BCUT2D eigenvalue weighted by atomic mass is 9.95. The highest BCUT2D eigenvalue weighted by molar-refractivity contribution is 5.80. The molecule has 3 rings (SSSR count). The van der Waals surface area contributed by atoms with Crippen LogP contribution in [-0.4, -0.2) is 51.2 Å². The van der Waals surface area contributed by atoms with Gasteiger partial charge in [-0.2, -0.15) is 0 Å². The van der Waals surface area contributed by atoms with Gasteiger partial charge < -0.3 is 20.5 Å². The van der Waals surface area contributed by atoms with Gasteiger partial charge >= 0.3 is 0 Å². The topological polar surface area (TPSA) is 101 Å². The Hall–Kier alpha value is -2.12. The summed E-state index contributed by atoms with van der Waals surface area (Å²) in [6.07, 6.45) is 5.95. The number of rotatable bonds is 5. The molecule has 1 amide bonds. The van der Waals surface area contributed by atoms with Crippen LogP contribution in [0.5, 0.6) is 0 Å². The molecule has 0 aromatic carbocycles. The highest BCUT2D eigenvalue weighted by atomic mass is 16.1. The lowest BCUT2D eigenvalue weighted by molar-refractivity contribution is -0.119. The van der Waals surface area contributed by atoms with Crippen molar-refractivity contribution in [2.24, 2.45) is 16.6 Å². The number of aliphatic imine (C=N–C) groups is 1. The summed E-state index contributed by atoms with van der Waals surface area (Å²) in [6.45, 7) is 6.19. The third kappa shape index (κ3) is 4.49. The van der Waals surface area contributed by atoms with E-state index in [0.29, 0.717) is 18.9 Å². The second kappa shape index (κ2) is 8.31. The normalized spacial score (nSPS) is 21.1. The maximum absolute atomic E-state index is 11.2. The standard InChI is InChI=1S/C17H29N7O/c1-2-19-17(23-8-5-6-13(12-23)10-14(18)25)20-11-16-22-21-15-7-3-4-9-24(15)16/h13H,2-12H2,1H3,(H2,18,25)(H,19,20). The van der Waals surface area contributed by atoms with Crippen LogP contribution in [0.15, 0.2) is 4.99 Å². The molecule has 1 saturated heterocycles. The number of hydrogen-bond acceptors (Lipinski definition) is 4. The molecule has 0 radical (unpaired) electrons. The van der Waals surface area contributed by atoms with Crippen molar-refractivity contribution in [2.75, 3.05) is 19.6 Å². The lowest BCUT2D eigenvalue weighted by Crippen LogP contribution is -2.47. The predicted molar refractivity (Wildman–Crippen MR) is 95.9 cm³/mol. The molecule has 1 fully saturated rings. The van der Waals surface area contributed by atoms with Gasteiger partial charge in [0, 0.05) is 39.0 Å². The number of aromatic nitrogens is 3. The van der Waals surface area contributed by atoms with E-state index in [0.717, 1.165) is 63.0 Å². The van der Waals surface area contributed by atoms with Crippen LogP contribution < -0.4 is 11.1 Å². The van der Waals surface area contributed by atoms with Crippen LogP contribution in [-0.2, 0) is 24.3 Å².